The van der Waals surface area contributed by atoms with E-state index in [1.807, 2.05) is 26.0 Å². The van der Waals surface area contributed by atoms with Crippen molar-refractivity contribution in [3.63, 3.8) is 0 Å². The third kappa shape index (κ3) is 3.30. The fraction of sp³-hybridized carbons (Fsp3) is 0.529. The number of hydrogen-bond donors (Lipinski definition) is 1. The summed E-state index contributed by atoms with van der Waals surface area (Å²) in [6.45, 7) is 8.08. The molecule has 0 aromatic heterocycles. The second-order valence-corrected chi connectivity index (χ2v) is 6.16. The summed E-state index contributed by atoms with van der Waals surface area (Å²) < 4.78 is 0. The lowest BCUT2D eigenvalue weighted by Gasteiger charge is -2.28. The van der Waals surface area contributed by atoms with E-state index in [-0.39, 0.29) is 17.9 Å². The number of nitrogens with zero attached hydrogens (tertiary/aromatic N) is 2. The molecule has 0 spiro atoms. The van der Waals surface area contributed by atoms with Gasteiger partial charge in [0, 0.05) is 37.3 Å². The predicted octanol–water partition coefficient (Wildman–Crippen LogP) is 1.83. The van der Waals surface area contributed by atoms with Crippen molar-refractivity contribution in [1.82, 2.24) is 4.90 Å². The quantitative estimate of drug-likeness (QED) is 0.923. The Labute approximate surface area is 131 Å². The van der Waals surface area contributed by atoms with E-state index in [0.717, 1.165) is 17.7 Å². The largest absolute Gasteiger partial charge is 0.392 e. The molecular formula is C17H24N2O3. The molecule has 1 N–H and O–H groups in total. The monoisotopic (exact) mass is 304 g/mol. The molecule has 5 heteroatoms. The SMILES string of the molecule is CC(=O)N1CCc2cc(C(=O)N(CC(C)O)C(C)C)ccc21. The van der Waals surface area contributed by atoms with Crippen LogP contribution in [0.2, 0.25) is 0 Å². The van der Waals surface area contributed by atoms with E-state index in [1.165, 1.54) is 0 Å². The van der Waals surface area contributed by atoms with Gasteiger partial charge in [0.15, 0.2) is 0 Å². The molecule has 5 nitrogen and oxygen atoms in total. The Morgan fingerprint density at radius 3 is 2.55 bits per heavy atom. The first kappa shape index (κ1) is 16.5. The van der Waals surface area contributed by atoms with E-state index < -0.39 is 6.10 Å². The van der Waals surface area contributed by atoms with Gasteiger partial charge in [-0.25, -0.2) is 0 Å². The number of carbonyl (C=O) groups excluding carboxylic acids is 2. The van der Waals surface area contributed by atoms with Crippen LogP contribution >= 0.6 is 0 Å². The van der Waals surface area contributed by atoms with Crippen molar-refractivity contribution in [2.24, 2.45) is 0 Å². The average molecular weight is 304 g/mol. The Morgan fingerprint density at radius 2 is 2.00 bits per heavy atom. The summed E-state index contributed by atoms with van der Waals surface area (Å²) in [4.78, 5) is 27.6. The lowest BCUT2D eigenvalue weighted by molar-refractivity contribution is -0.116. The van der Waals surface area contributed by atoms with Crippen LogP contribution in [-0.2, 0) is 11.2 Å². The number of rotatable bonds is 4. The van der Waals surface area contributed by atoms with Gasteiger partial charge in [0.2, 0.25) is 5.91 Å². The summed E-state index contributed by atoms with van der Waals surface area (Å²) in [6.07, 6.45) is 0.211. The van der Waals surface area contributed by atoms with Crippen LogP contribution in [0.5, 0.6) is 0 Å². The summed E-state index contributed by atoms with van der Waals surface area (Å²) >= 11 is 0. The Bertz CT molecular complexity index is 581. The van der Waals surface area contributed by atoms with Gasteiger partial charge in [-0.2, -0.15) is 0 Å². The summed E-state index contributed by atoms with van der Waals surface area (Å²) in [5.41, 5.74) is 2.54. The molecular weight excluding hydrogens is 280 g/mol. The number of benzene rings is 1. The van der Waals surface area contributed by atoms with Crippen LogP contribution in [0.25, 0.3) is 0 Å². The van der Waals surface area contributed by atoms with Gasteiger partial charge in [-0.15, -0.1) is 0 Å². The molecule has 1 aliphatic heterocycles. The molecule has 1 aromatic rings. The van der Waals surface area contributed by atoms with Crippen LogP contribution < -0.4 is 4.90 Å². The molecule has 1 aromatic carbocycles. The molecule has 120 valence electrons. The van der Waals surface area contributed by atoms with Gasteiger partial charge in [-0.05, 0) is 51.0 Å². The minimum atomic E-state index is -0.561. The highest BCUT2D eigenvalue weighted by molar-refractivity contribution is 5.98. The van der Waals surface area contributed by atoms with Crippen molar-refractivity contribution >= 4 is 17.5 Å². The number of hydrogen-bond acceptors (Lipinski definition) is 3. The topological polar surface area (TPSA) is 60.9 Å². The molecule has 2 rings (SSSR count). The molecule has 2 amide bonds. The second kappa shape index (κ2) is 6.48. The van der Waals surface area contributed by atoms with E-state index in [9.17, 15) is 14.7 Å². The molecule has 22 heavy (non-hydrogen) atoms. The maximum absolute atomic E-state index is 12.7. The molecule has 0 saturated heterocycles. The van der Waals surface area contributed by atoms with E-state index in [0.29, 0.717) is 18.7 Å². The fourth-order valence-electron chi connectivity index (χ4n) is 2.84. The van der Waals surface area contributed by atoms with Crippen LogP contribution in [0.4, 0.5) is 5.69 Å². The molecule has 0 bridgehead atoms. The van der Waals surface area contributed by atoms with Crippen LogP contribution in [-0.4, -0.2) is 47.1 Å². The Kier molecular flexibility index (Phi) is 4.86. The molecule has 1 heterocycles. The van der Waals surface area contributed by atoms with Gasteiger partial charge in [0.25, 0.3) is 5.91 Å². The van der Waals surface area contributed by atoms with Crippen molar-refractivity contribution in [3.8, 4) is 0 Å². The number of amides is 2. The van der Waals surface area contributed by atoms with Crippen molar-refractivity contribution in [2.75, 3.05) is 18.0 Å². The van der Waals surface area contributed by atoms with Crippen LogP contribution in [0.3, 0.4) is 0 Å². The Hall–Kier alpha value is -1.88. The number of anilines is 1. The third-order valence-corrected chi connectivity index (χ3v) is 3.95. The smallest absolute Gasteiger partial charge is 0.254 e. The first-order valence-corrected chi connectivity index (χ1v) is 7.71. The van der Waals surface area contributed by atoms with E-state index in [4.69, 9.17) is 0 Å². The van der Waals surface area contributed by atoms with Gasteiger partial charge in [-0.1, -0.05) is 0 Å². The maximum atomic E-state index is 12.7. The third-order valence-electron chi connectivity index (χ3n) is 3.95. The van der Waals surface area contributed by atoms with Crippen molar-refractivity contribution in [2.45, 2.75) is 46.3 Å². The van der Waals surface area contributed by atoms with Gasteiger partial charge in [0.1, 0.15) is 0 Å². The second-order valence-electron chi connectivity index (χ2n) is 6.16. The summed E-state index contributed by atoms with van der Waals surface area (Å²) in [5, 5.41) is 9.58. The molecule has 0 radical (unpaired) electrons. The number of aliphatic hydroxyl groups is 1. The van der Waals surface area contributed by atoms with Crippen LogP contribution in [0, 0.1) is 0 Å². The minimum absolute atomic E-state index is 0.0177. The van der Waals surface area contributed by atoms with Crippen molar-refractivity contribution in [3.05, 3.63) is 29.3 Å². The number of fused-ring (bicyclic) bond motifs is 1. The van der Waals surface area contributed by atoms with Gasteiger partial charge in [0.05, 0.1) is 6.10 Å². The zero-order valence-corrected chi connectivity index (χ0v) is 13.7. The lowest BCUT2D eigenvalue weighted by atomic mass is 10.1. The minimum Gasteiger partial charge on any atom is -0.392 e. The highest BCUT2D eigenvalue weighted by atomic mass is 16.3. The number of aliphatic hydroxyl groups excluding tert-OH is 1. The van der Waals surface area contributed by atoms with E-state index >= 15 is 0 Å². The molecule has 0 saturated carbocycles. The lowest BCUT2D eigenvalue weighted by Crippen LogP contribution is -2.41. The molecule has 0 aliphatic carbocycles. The molecule has 0 fully saturated rings. The van der Waals surface area contributed by atoms with Gasteiger partial charge in [-0.3, -0.25) is 9.59 Å². The number of carbonyl (C=O) groups is 2. The molecule has 1 atom stereocenters. The van der Waals surface area contributed by atoms with Crippen molar-refractivity contribution < 1.29 is 14.7 Å². The Balaban J connectivity index is 2.26. The summed E-state index contributed by atoms with van der Waals surface area (Å²) in [6, 6.07) is 5.50. The highest BCUT2D eigenvalue weighted by Crippen LogP contribution is 2.29. The summed E-state index contributed by atoms with van der Waals surface area (Å²) in [7, 11) is 0. The van der Waals surface area contributed by atoms with Gasteiger partial charge >= 0.3 is 0 Å². The molecule has 1 aliphatic rings. The fourth-order valence-corrected chi connectivity index (χ4v) is 2.84. The zero-order chi connectivity index (χ0) is 16.4. The van der Waals surface area contributed by atoms with Crippen LogP contribution in [0.15, 0.2) is 18.2 Å². The maximum Gasteiger partial charge on any atom is 0.254 e. The Morgan fingerprint density at radius 1 is 1.32 bits per heavy atom. The van der Waals surface area contributed by atoms with E-state index in [2.05, 4.69) is 0 Å². The molecule has 1 unspecified atom stereocenters. The normalized spacial score (nSPS) is 14.9. The standard InChI is InChI=1S/C17H24N2O3/c1-11(2)19(10-12(3)20)17(22)15-5-6-16-14(9-15)7-8-18(16)13(4)21/h5-6,9,11-12,20H,7-8,10H2,1-4H3. The highest BCUT2D eigenvalue weighted by Gasteiger charge is 2.25. The average Bonchev–Trinajstić information content (AvgIpc) is 2.86. The van der Waals surface area contributed by atoms with Gasteiger partial charge < -0.3 is 14.9 Å². The first-order valence-electron chi connectivity index (χ1n) is 7.71. The zero-order valence-electron chi connectivity index (χ0n) is 13.7. The summed E-state index contributed by atoms with van der Waals surface area (Å²) in [5.74, 6) is -0.0595. The first-order chi connectivity index (χ1) is 10.3. The van der Waals surface area contributed by atoms with E-state index in [1.54, 1.807) is 29.7 Å². The predicted molar refractivity (Wildman–Crippen MR) is 86.0 cm³/mol. The van der Waals surface area contributed by atoms with Crippen molar-refractivity contribution in [1.29, 1.82) is 0 Å². The van der Waals surface area contributed by atoms with Crippen LogP contribution in [0.1, 0.15) is 43.6 Å².